The number of nitrogens with one attached hydrogen (secondary N) is 1. The van der Waals surface area contributed by atoms with Crippen LogP contribution in [0.2, 0.25) is 0 Å². The molecular weight excluding hydrogens is 304 g/mol. The summed E-state index contributed by atoms with van der Waals surface area (Å²) in [6.07, 6.45) is 13.1. The van der Waals surface area contributed by atoms with Crippen LogP contribution in [-0.4, -0.2) is 50.1 Å². The molecule has 0 saturated carbocycles. The zero-order chi connectivity index (χ0) is 18.4. The summed E-state index contributed by atoms with van der Waals surface area (Å²) < 4.78 is 0.328. The van der Waals surface area contributed by atoms with Gasteiger partial charge >= 0.3 is 0 Å². The van der Waals surface area contributed by atoms with E-state index < -0.39 is 12.0 Å². The average molecular weight is 341 g/mol. The summed E-state index contributed by atoms with van der Waals surface area (Å²) in [4.78, 5) is 22.8. The lowest BCUT2D eigenvalue weighted by Gasteiger charge is -2.34. The van der Waals surface area contributed by atoms with E-state index in [2.05, 4.69) is 12.2 Å². The minimum atomic E-state index is -1.03. The number of likely N-dealkylation sites (N-methyl/N-ethyl adjacent to an activating group) is 1. The fourth-order valence-corrected chi connectivity index (χ4v) is 2.62. The Labute approximate surface area is 147 Å². The molecule has 1 unspecified atom stereocenters. The van der Waals surface area contributed by atoms with Gasteiger partial charge in [0.1, 0.15) is 6.04 Å². The number of carbonyl (C=O) groups excluding carboxylic acids is 2. The summed E-state index contributed by atoms with van der Waals surface area (Å²) in [6.45, 7) is 2.70. The molecule has 1 N–H and O–H groups in total. The van der Waals surface area contributed by atoms with Crippen molar-refractivity contribution in [3.8, 4) is 0 Å². The van der Waals surface area contributed by atoms with E-state index in [1.165, 1.54) is 32.1 Å². The van der Waals surface area contributed by atoms with E-state index in [4.69, 9.17) is 0 Å². The van der Waals surface area contributed by atoms with Crippen molar-refractivity contribution in [2.75, 3.05) is 27.7 Å². The molecule has 0 aromatic rings. The van der Waals surface area contributed by atoms with Crippen molar-refractivity contribution in [3.63, 3.8) is 0 Å². The first-order valence-corrected chi connectivity index (χ1v) is 9.25. The molecular formula is C19H36N2O3. The number of quaternary nitrogens is 1. The van der Waals surface area contributed by atoms with Gasteiger partial charge in [0.15, 0.2) is 0 Å². The lowest BCUT2D eigenvalue weighted by molar-refractivity contribution is -0.889. The van der Waals surface area contributed by atoms with E-state index in [1.54, 1.807) is 6.08 Å². The van der Waals surface area contributed by atoms with Crippen LogP contribution in [-0.2, 0) is 9.59 Å². The Morgan fingerprint density at radius 2 is 1.67 bits per heavy atom. The zero-order valence-corrected chi connectivity index (χ0v) is 16.0. The highest BCUT2D eigenvalue weighted by atomic mass is 16.4. The van der Waals surface area contributed by atoms with Crippen LogP contribution < -0.4 is 10.4 Å². The molecule has 0 rings (SSSR count). The normalized spacial score (nSPS) is 13.2. The maximum atomic E-state index is 11.7. The molecule has 1 amide bonds. The Bertz CT molecular complexity index is 387. The van der Waals surface area contributed by atoms with Crippen LogP contribution in [0.4, 0.5) is 0 Å². The van der Waals surface area contributed by atoms with Crippen molar-refractivity contribution in [1.29, 1.82) is 0 Å². The summed E-state index contributed by atoms with van der Waals surface area (Å²) in [5.41, 5.74) is 0. The molecule has 0 aliphatic heterocycles. The number of rotatable bonds is 14. The first-order chi connectivity index (χ1) is 11.3. The number of carboxylic acids is 1. The predicted octanol–water partition coefficient (Wildman–Crippen LogP) is 2.01. The second-order valence-electron chi connectivity index (χ2n) is 7.34. The topological polar surface area (TPSA) is 69.2 Å². The van der Waals surface area contributed by atoms with Gasteiger partial charge in [0.25, 0.3) is 0 Å². The highest BCUT2D eigenvalue weighted by Crippen LogP contribution is 2.09. The van der Waals surface area contributed by atoms with Crippen LogP contribution in [0.3, 0.4) is 0 Å². The highest BCUT2D eigenvalue weighted by molar-refractivity contribution is 5.87. The van der Waals surface area contributed by atoms with Crippen molar-refractivity contribution in [2.24, 2.45) is 0 Å². The van der Waals surface area contributed by atoms with Gasteiger partial charge in [-0.1, -0.05) is 45.1 Å². The Kier molecular flexibility index (Phi) is 12.3. The van der Waals surface area contributed by atoms with Gasteiger partial charge in [0, 0.05) is 13.0 Å². The van der Waals surface area contributed by atoms with Crippen molar-refractivity contribution < 1.29 is 19.2 Å². The van der Waals surface area contributed by atoms with Crippen LogP contribution in [0.15, 0.2) is 12.2 Å². The molecule has 0 aromatic heterocycles. The second-order valence-corrected chi connectivity index (χ2v) is 7.34. The van der Waals surface area contributed by atoms with Crippen LogP contribution in [0.5, 0.6) is 0 Å². The number of aliphatic carboxylic acids is 1. The van der Waals surface area contributed by atoms with Gasteiger partial charge in [0.05, 0.1) is 27.1 Å². The number of hydrogen-bond donors (Lipinski definition) is 1. The first-order valence-electron chi connectivity index (χ1n) is 9.25. The smallest absolute Gasteiger partial charge is 0.243 e. The Balaban J connectivity index is 3.75. The Morgan fingerprint density at radius 1 is 1.04 bits per heavy atom. The Morgan fingerprint density at radius 3 is 2.25 bits per heavy atom. The molecule has 0 spiro atoms. The third-order valence-electron chi connectivity index (χ3n) is 4.15. The maximum absolute atomic E-state index is 11.7. The predicted molar refractivity (Wildman–Crippen MR) is 96.2 cm³/mol. The monoisotopic (exact) mass is 340 g/mol. The van der Waals surface area contributed by atoms with Crippen molar-refractivity contribution >= 4 is 11.9 Å². The number of hydrogen-bond acceptors (Lipinski definition) is 3. The third kappa shape index (κ3) is 12.1. The standard InChI is InChI=1S/C19H36N2O3/c1-5-6-7-8-9-10-11-12-15-18(22)20-16-13-14-17(19(23)24)21(2,3)4/h12,15,17H,5-11,13-14,16H2,1-4H3,(H-,20,22,23,24). The second kappa shape index (κ2) is 13.0. The molecule has 0 aromatic carbocycles. The number of nitrogens with zero attached hydrogens (tertiary/aromatic N) is 1. The lowest BCUT2D eigenvalue weighted by Crippen LogP contribution is -2.54. The van der Waals surface area contributed by atoms with E-state index in [1.807, 2.05) is 27.2 Å². The summed E-state index contributed by atoms with van der Waals surface area (Å²) >= 11 is 0. The number of carbonyl (C=O) groups is 2. The van der Waals surface area contributed by atoms with E-state index in [-0.39, 0.29) is 5.91 Å². The van der Waals surface area contributed by atoms with Crippen molar-refractivity contribution in [3.05, 3.63) is 12.2 Å². The molecule has 0 bridgehead atoms. The SMILES string of the molecule is CCCCCCCCC=CC(=O)NCCCC(C(=O)[O-])[N+](C)(C)C. The molecule has 140 valence electrons. The van der Waals surface area contributed by atoms with Gasteiger partial charge in [-0.15, -0.1) is 0 Å². The van der Waals surface area contributed by atoms with E-state index in [0.717, 1.165) is 12.8 Å². The largest absolute Gasteiger partial charge is 0.544 e. The van der Waals surface area contributed by atoms with Gasteiger partial charge in [-0.2, -0.15) is 0 Å². The van der Waals surface area contributed by atoms with Crippen LogP contribution in [0.25, 0.3) is 0 Å². The van der Waals surface area contributed by atoms with Gasteiger partial charge < -0.3 is 19.7 Å². The summed E-state index contributed by atoms with van der Waals surface area (Å²) in [6, 6.07) is -0.551. The molecule has 5 heteroatoms. The Hall–Kier alpha value is -1.36. The van der Waals surface area contributed by atoms with Crippen LogP contribution in [0, 0.1) is 0 Å². The fourth-order valence-electron chi connectivity index (χ4n) is 2.62. The number of amides is 1. The first kappa shape index (κ1) is 22.6. The lowest BCUT2D eigenvalue weighted by atomic mass is 10.1. The summed E-state index contributed by atoms with van der Waals surface area (Å²) in [7, 11) is 5.51. The molecule has 0 fully saturated rings. The summed E-state index contributed by atoms with van der Waals surface area (Å²) in [5.74, 6) is -1.14. The van der Waals surface area contributed by atoms with E-state index in [9.17, 15) is 14.7 Å². The molecule has 1 atom stereocenters. The number of allylic oxidation sites excluding steroid dienone is 1. The quantitative estimate of drug-likeness (QED) is 0.299. The maximum Gasteiger partial charge on any atom is 0.243 e. The zero-order valence-electron chi connectivity index (χ0n) is 16.0. The van der Waals surface area contributed by atoms with Crippen molar-refractivity contribution in [2.45, 2.75) is 70.8 Å². The molecule has 0 heterocycles. The highest BCUT2D eigenvalue weighted by Gasteiger charge is 2.24. The molecule has 0 aliphatic carbocycles. The van der Waals surface area contributed by atoms with Gasteiger partial charge in [-0.25, -0.2) is 0 Å². The number of unbranched alkanes of at least 4 members (excludes halogenated alkanes) is 6. The third-order valence-corrected chi connectivity index (χ3v) is 4.15. The minimum absolute atomic E-state index is 0.101. The van der Waals surface area contributed by atoms with Gasteiger partial charge in [-0.05, 0) is 25.3 Å². The van der Waals surface area contributed by atoms with Crippen LogP contribution >= 0.6 is 0 Å². The molecule has 0 radical (unpaired) electrons. The summed E-state index contributed by atoms with van der Waals surface area (Å²) in [5, 5.41) is 13.9. The molecule has 24 heavy (non-hydrogen) atoms. The van der Waals surface area contributed by atoms with E-state index >= 15 is 0 Å². The molecule has 0 aliphatic rings. The average Bonchev–Trinajstić information content (AvgIpc) is 2.48. The van der Waals surface area contributed by atoms with Gasteiger partial charge in [-0.3, -0.25) is 4.79 Å². The van der Waals surface area contributed by atoms with E-state index in [0.29, 0.717) is 23.9 Å². The fraction of sp³-hybridized carbons (Fsp3) is 0.789. The van der Waals surface area contributed by atoms with Crippen molar-refractivity contribution in [1.82, 2.24) is 5.32 Å². The van der Waals surface area contributed by atoms with Crippen LogP contribution in [0.1, 0.15) is 64.7 Å². The van der Waals surface area contributed by atoms with Gasteiger partial charge in [0.2, 0.25) is 5.91 Å². The number of carboxylic acid groups (broad SMARTS) is 1. The molecule has 0 saturated heterocycles. The minimum Gasteiger partial charge on any atom is -0.544 e. The molecule has 5 nitrogen and oxygen atoms in total.